The van der Waals surface area contributed by atoms with Crippen molar-refractivity contribution in [3.63, 3.8) is 0 Å². The monoisotopic (exact) mass is 322 g/mol. The van der Waals surface area contributed by atoms with E-state index in [2.05, 4.69) is 5.32 Å². The minimum Gasteiger partial charge on any atom is -0.463 e. The molecular weight excluding hydrogens is 308 g/mol. The van der Waals surface area contributed by atoms with Gasteiger partial charge in [0, 0.05) is 10.7 Å². The fourth-order valence-electron chi connectivity index (χ4n) is 2.31. The Labute approximate surface area is 132 Å². The SMILES string of the molecule is CCOC(=O)C1=C(C)NC(=O)N(C=O)C1c1ccc(Cl)cc1. The maximum Gasteiger partial charge on any atom is 0.338 e. The summed E-state index contributed by atoms with van der Waals surface area (Å²) in [5, 5.41) is 3.00. The molecule has 1 aromatic rings. The Kier molecular flexibility index (Phi) is 4.82. The van der Waals surface area contributed by atoms with Gasteiger partial charge >= 0.3 is 12.0 Å². The summed E-state index contributed by atoms with van der Waals surface area (Å²) in [5.74, 6) is -0.577. The van der Waals surface area contributed by atoms with Crippen molar-refractivity contribution in [3.8, 4) is 0 Å². The van der Waals surface area contributed by atoms with Gasteiger partial charge < -0.3 is 10.1 Å². The maximum atomic E-state index is 12.2. The van der Waals surface area contributed by atoms with Crippen LogP contribution in [-0.4, -0.2) is 29.9 Å². The van der Waals surface area contributed by atoms with E-state index in [1.54, 1.807) is 38.1 Å². The lowest BCUT2D eigenvalue weighted by atomic mass is 9.94. The van der Waals surface area contributed by atoms with Gasteiger partial charge in [0.05, 0.1) is 12.2 Å². The molecule has 1 aliphatic heterocycles. The van der Waals surface area contributed by atoms with Crippen LogP contribution in [0.15, 0.2) is 35.5 Å². The lowest BCUT2D eigenvalue weighted by Gasteiger charge is -2.33. The number of amides is 3. The van der Waals surface area contributed by atoms with Crippen molar-refractivity contribution in [2.24, 2.45) is 0 Å². The second kappa shape index (κ2) is 6.62. The van der Waals surface area contributed by atoms with Gasteiger partial charge in [-0.2, -0.15) is 0 Å². The Morgan fingerprint density at radius 3 is 2.59 bits per heavy atom. The first-order valence-electron chi connectivity index (χ1n) is 6.67. The number of nitrogens with zero attached hydrogens (tertiary/aromatic N) is 1. The van der Waals surface area contributed by atoms with E-state index in [-0.39, 0.29) is 12.2 Å². The zero-order valence-corrected chi connectivity index (χ0v) is 12.9. The first-order valence-corrected chi connectivity index (χ1v) is 7.05. The number of imide groups is 1. The van der Waals surface area contributed by atoms with Crippen molar-refractivity contribution in [3.05, 3.63) is 46.1 Å². The van der Waals surface area contributed by atoms with Gasteiger partial charge in [-0.05, 0) is 31.5 Å². The minimum atomic E-state index is -0.845. The molecule has 22 heavy (non-hydrogen) atoms. The van der Waals surface area contributed by atoms with Crippen LogP contribution in [0.25, 0.3) is 0 Å². The van der Waals surface area contributed by atoms with Crippen molar-refractivity contribution in [2.75, 3.05) is 6.61 Å². The van der Waals surface area contributed by atoms with Crippen LogP contribution in [0.3, 0.4) is 0 Å². The Morgan fingerprint density at radius 1 is 1.41 bits per heavy atom. The Bertz CT molecular complexity index is 639. The summed E-state index contributed by atoms with van der Waals surface area (Å²) in [4.78, 5) is 36.4. The molecular formula is C15H15ClN2O4. The van der Waals surface area contributed by atoms with Crippen molar-refractivity contribution >= 4 is 30.0 Å². The molecule has 1 aromatic carbocycles. The normalized spacial score (nSPS) is 18.0. The smallest absolute Gasteiger partial charge is 0.338 e. The number of urea groups is 1. The van der Waals surface area contributed by atoms with Gasteiger partial charge in [0.1, 0.15) is 6.04 Å². The molecule has 0 saturated carbocycles. The summed E-state index contributed by atoms with van der Waals surface area (Å²) in [6, 6.07) is 5.14. The summed E-state index contributed by atoms with van der Waals surface area (Å²) in [7, 11) is 0. The van der Waals surface area contributed by atoms with Gasteiger partial charge in [0.15, 0.2) is 0 Å². The average Bonchev–Trinajstić information content (AvgIpc) is 2.47. The van der Waals surface area contributed by atoms with Crippen molar-refractivity contribution < 1.29 is 19.1 Å². The van der Waals surface area contributed by atoms with Crippen LogP contribution < -0.4 is 5.32 Å². The number of hydrogen-bond acceptors (Lipinski definition) is 4. The highest BCUT2D eigenvalue weighted by molar-refractivity contribution is 6.30. The molecule has 116 valence electrons. The second-order valence-corrected chi connectivity index (χ2v) is 5.09. The molecule has 7 heteroatoms. The van der Waals surface area contributed by atoms with Crippen molar-refractivity contribution in [1.82, 2.24) is 10.2 Å². The van der Waals surface area contributed by atoms with Crippen LogP contribution in [0.5, 0.6) is 0 Å². The molecule has 3 amide bonds. The summed E-state index contributed by atoms with van der Waals surface area (Å²) >= 11 is 5.86. The summed E-state index contributed by atoms with van der Waals surface area (Å²) < 4.78 is 5.04. The third-order valence-electron chi connectivity index (χ3n) is 3.28. The standard InChI is InChI=1S/C15H15ClN2O4/c1-3-22-14(20)12-9(2)17-15(21)18(8-19)13(12)10-4-6-11(16)7-5-10/h4-8,13H,3H2,1-2H3,(H,17,21). The number of carbonyl (C=O) groups is 3. The number of carbonyl (C=O) groups excluding carboxylic acids is 3. The molecule has 1 aliphatic rings. The van der Waals surface area contributed by atoms with Gasteiger partial charge in [-0.25, -0.2) is 9.59 Å². The molecule has 0 saturated heterocycles. The van der Waals surface area contributed by atoms with Crippen molar-refractivity contribution in [2.45, 2.75) is 19.9 Å². The van der Waals surface area contributed by atoms with Gasteiger partial charge in [-0.1, -0.05) is 23.7 Å². The molecule has 0 aromatic heterocycles. The quantitative estimate of drug-likeness (QED) is 0.682. The number of benzene rings is 1. The number of esters is 1. The van der Waals surface area contributed by atoms with Crippen LogP contribution in [-0.2, 0) is 14.3 Å². The molecule has 0 aliphatic carbocycles. The van der Waals surface area contributed by atoms with E-state index < -0.39 is 18.0 Å². The molecule has 2 rings (SSSR count). The Hall–Kier alpha value is -2.34. The van der Waals surface area contributed by atoms with Gasteiger partial charge in [0.25, 0.3) is 0 Å². The van der Waals surface area contributed by atoms with Crippen LogP contribution >= 0.6 is 11.6 Å². The van der Waals surface area contributed by atoms with E-state index >= 15 is 0 Å². The number of nitrogens with one attached hydrogen (secondary N) is 1. The van der Waals surface area contributed by atoms with Crippen LogP contribution in [0.4, 0.5) is 4.79 Å². The minimum absolute atomic E-state index is 0.192. The van der Waals surface area contributed by atoms with E-state index in [0.29, 0.717) is 22.7 Å². The Morgan fingerprint density at radius 2 is 2.05 bits per heavy atom. The molecule has 0 spiro atoms. The molecule has 0 radical (unpaired) electrons. The lowest BCUT2D eigenvalue weighted by Crippen LogP contribution is -2.47. The van der Waals surface area contributed by atoms with Crippen LogP contribution in [0.1, 0.15) is 25.5 Å². The topological polar surface area (TPSA) is 75.7 Å². The number of allylic oxidation sites excluding steroid dienone is 1. The number of hydrogen-bond donors (Lipinski definition) is 1. The summed E-state index contributed by atoms with van der Waals surface area (Å²) in [6.07, 6.45) is 0.389. The fraction of sp³-hybridized carbons (Fsp3) is 0.267. The molecule has 6 nitrogen and oxygen atoms in total. The third kappa shape index (κ3) is 2.96. The van der Waals surface area contributed by atoms with E-state index in [0.717, 1.165) is 4.90 Å². The molecule has 1 heterocycles. The molecule has 1 unspecified atom stereocenters. The van der Waals surface area contributed by atoms with Crippen LogP contribution in [0, 0.1) is 0 Å². The first-order chi connectivity index (χ1) is 10.5. The molecule has 0 fully saturated rings. The lowest BCUT2D eigenvalue weighted by molar-refractivity contribution is -0.139. The Balaban J connectivity index is 2.56. The molecule has 0 bridgehead atoms. The summed E-state index contributed by atoms with van der Waals surface area (Å²) in [5.41, 5.74) is 1.17. The van der Waals surface area contributed by atoms with Gasteiger partial charge in [-0.3, -0.25) is 9.69 Å². The van der Waals surface area contributed by atoms with E-state index in [1.807, 2.05) is 0 Å². The largest absolute Gasteiger partial charge is 0.463 e. The number of halogens is 1. The third-order valence-corrected chi connectivity index (χ3v) is 3.53. The molecule has 1 N–H and O–H groups in total. The zero-order chi connectivity index (χ0) is 16.3. The average molecular weight is 323 g/mol. The van der Waals surface area contributed by atoms with Crippen molar-refractivity contribution in [1.29, 1.82) is 0 Å². The maximum absolute atomic E-state index is 12.2. The predicted octanol–water partition coefficient (Wildman–Crippen LogP) is 2.40. The van der Waals surface area contributed by atoms with Gasteiger partial charge in [-0.15, -0.1) is 0 Å². The number of ether oxygens (including phenoxy) is 1. The fourth-order valence-corrected chi connectivity index (χ4v) is 2.43. The van der Waals surface area contributed by atoms with Crippen LogP contribution in [0.2, 0.25) is 5.02 Å². The second-order valence-electron chi connectivity index (χ2n) is 4.66. The first kappa shape index (κ1) is 16.0. The summed E-state index contributed by atoms with van der Waals surface area (Å²) in [6.45, 7) is 3.47. The van der Waals surface area contributed by atoms with Gasteiger partial charge in [0.2, 0.25) is 6.41 Å². The van der Waals surface area contributed by atoms with E-state index in [4.69, 9.17) is 16.3 Å². The molecule has 1 atom stereocenters. The number of rotatable bonds is 4. The zero-order valence-electron chi connectivity index (χ0n) is 12.1. The highest BCUT2D eigenvalue weighted by atomic mass is 35.5. The highest BCUT2D eigenvalue weighted by Gasteiger charge is 2.38. The predicted molar refractivity (Wildman–Crippen MR) is 80.0 cm³/mol. The highest BCUT2D eigenvalue weighted by Crippen LogP contribution is 2.33. The van der Waals surface area contributed by atoms with E-state index in [1.165, 1.54) is 0 Å². The van der Waals surface area contributed by atoms with E-state index in [9.17, 15) is 14.4 Å².